The molecule has 0 saturated heterocycles. The Morgan fingerprint density at radius 2 is 0.667 bits per heavy atom. The molecule has 0 heterocycles. The summed E-state index contributed by atoms with van der Waals surface area (Å²) in [4.78, 5) is 0. The molecule has 27 heavy (non-hydrogen) atoms. The fourth-order valence-electron chi connectivity index (χ4n) is 2.88. The summed E-state index contributed by atoms with van der Waals surface area (Å²) in [6, 6.07) is 0. The molecule has 2 saturated carbocycles. The number of hydrogen-bond acceptors (Lipinski definition) is 0. The molecule has 0 spiro atoms. The van der Waals surface area contributed by atoms with Gasteiger partial charge in [-0.25, -0.2) is 13.2 Å². The van der Waals surface area contributed by atoms with Gasteiger partial charge in [0.05, 0.1) is 0 Å². The van der Waals surface area contributed by atoms with Gasteiger partial charge in [0.1, 0.15) is 0 Å². The van der Waals surface area contributed by atoms with E-state index in [0.717, 1.165) is 0 Å². The van der Waals surface area contributed by atoms with Crippen LogP contribution in [0.2, 0.25) is 0 Å². The average Bonchev–Trinajstić information content (AvgIpc) is 2.48. The van der Waals surface area contributed by atoms with Gasteiger partial charge in [-0.1, -0.05) is 0 Å². The molecule has 2 aliphatic carbocycles. The van der Waals surface area contributed by atoms with E-state index >= 15 is 0 Å². The van der Waals surface area contributed by atoms with Gasteiger partial charge < -0.3 is 0 Å². The molecule has 0 aromatic carbocycles. The molecule has 0 radical (unpaired) electrons. The summed E-state index contributed by atoms with van der Waals surface area (Å²) in [6.45, 7) is 0. The predicted molar refractivity (Wildman–Crippen MR) is 47.2 cm³/mol. The highest BCUT2D eigenvalue weighted by molar-refractivity contribution is 5.40. The Hall–Kier alpha value is -1.19. The third-order valence-electron chi connectivity index (χ3n) is 4.49. The second kappa shape index (κ2) is 4.52. The Bertz CT molecular complexity index is 653. The first-order valence-electron chi connectivity index (χ1n) is 6.07. The molecular weight excluding hydrogens is 443 g/mol. The van der Waals surface area contributed by atoms with Crippen molar-refractivity contribution in [3.8, 4) is 0 Å². The highest BCUT2D eigenvalue weighted by Crippen LogP contribution is 2.78. The second-order valence-corrected chi connectivity index (χ2v) is 5.80. The number of alkyl halides is 17. The molecule has 17 heteroatoms. The Labute approximate surface area is 135 Å². The summed E-state index contributed by atoms with van der Waals surface area (Å²) in [6.07, 6.45) is -6.52. The van der Waals surface area contributed by atoms with E-state index in [1.807, 2.05) is 0 Å². The Kier molecular flexibility index (Phi) is 3.70. The molecule has 0 bridgehead atoms. The Morgan fingerprint density at radius 1 is 0.370 bits per heavy atom. The van der Waals surface area contributed by atoms with Crippen LogP contribution in [-0.4, -0.2) is 59.0 Å². The van der Waals surface area contributed by atoms with E-state index in [1.165, 1.54) is 0 Å². The monoisotopic (exact) mass is 444 g/mol. The number of hydrogen-bond donors (Lipinski definition) is 0. The minimum Gasteiger partial charge on any atom is -0.237 e. The van der Waals surface area contributed by atoms with Gasteiger partial charge in [-0.3, -0.25) is 0 Å². The minimum absolute atomic E-state index is 6.52. The normalized spacial score (nSPS) is 45.0. The highest BCUT2D eigenvalue weighted by Gasteiger charge is 3.11. The van der Waals surface area contributed by atoms with Crippen molar-refractivity contribution in [2.45, 2.75) is 59.0 Å². The maximum absolute atomic E-state index is 14.2. The SMILES string of the molecule is FC1C(F)(F)C(F)(F)C(F)(F)C2(F)C(F)(F)C(F)(F)C(F)(F)C(F)(F)C12F. The van der Waals surface area contributed by atoms with Crippen LogP contribution in [0.15, 0.2) is 0 Å². The summed E-state index contributed by atoms with van der Waals surface area (Å²) in [7, 11) is 0. The molecule has 2 rings (SSSR count). The zero-order valence-corrected chi connectivity index (χ0v) is 11.5. The molecule has 0 aromatic heterocycles. The van der Waals surface area contributed by atoms with E-state index in [0.29, 0.717) is 0 Å². The third kappa shape index (κ3) is 1.53. The first-order valence-corrected chi connectivity index (χ1v) is 6.07. The molecule has 0 nitrogen and oxygen atoms in total. The highest BCUT2D eigenvalue weighted by atomic mass is 19.4. The first kappa shape index (κ1) is 22.1. The van der Waals surface area contributed by atoms with Gasteiger partial charge in [0.25, 0.3) is 11.3 Å². The second-order valence-electron chi connectivity index (χ2n) is 5.80. The molecule has 160 valence electrons. The fraction of sp³-hybridized carbons (Fsp3) is 1.00. The number of fused-ring (bicyclic) bond motifs is 1. The van der Waals surface area contributed by atoms with Crippen molar-refractivity contribution < 1.29 is 74.6 Å². The van der Waals surface area contributed by atoms with E-state index < -0.39 is 59.0 Å². The average molecular weight is 444 g/mol. The van der Waals surface area contributed by atoms with Crippen LogP contribution in [0.3, 0.4) is 0 Å². The van der Waals surface area contributed by atoms with Crippen LogP contribution in [0.5, 0.6) is 0 Å². The van der Waals surface area contributed by atoms with Crippen LogP contribution >= 0.6 is 0 Å². The van der Waals surface area contributed by atoms with Crippen LogP contribution < -0.4 is 0 Å². The topological polar surface area (TPSA) is 0 Å². The maximum atomic E-state index is 14.2. The van der Waals surface area contributed by atoms with Crippen molar-refractivity contribution in [3.63, 3.8) is 0 Å². The maximum Gasteiger partial charge on any atom is 0.382 e. The molecule has 2 fully saturated rings. The van der Waals surface area contributed by atoms with Crippen molar-refractivity contribution in [1.29, 1.82) is 0 Å². The van der Waals surface area contributed by atoms with Crippen molar-refractivity contribution >= 4 is 0 Å². The van der Waals surface area contributed by atoms with E-state index in [9.17, 15) is 74.6 Å². The molecule has 0 amide bonds. The van der Waals surface area contributed by atoms with Gasteiger partial charge >= 0.3 is 41.5 Å². The summed E-state index contributed by atoms with van der Waals surface area (Å²) >= 11 is 0. The Morgan fingerprint density at radius 3 is 1.04 bits per heavy atom. The van der Waals surface area contributed by atoms with Gasteiger partial charge in [0, 0.05) is 0 Å². The summed E-state index contributed by atoms with van der Waals surface area (Å²) in [5, 5.41) is 0. The molecule has 3 atom stereocenters. The van der Waals surface area contributed by atoms with E-state index in [1.54, 1.807) is 0 Å². The van der Waals surface area contributed by atoms with Crippen molar-refractivity contribution in [2.75, 3.05) is 0 Å². The van der Waals surface area contributed by atoms with Crippen molar-refractivity contribution in [1.82, 2.24) is 0 Å². The van der Waals surface area contributed by atoms with Gasteiger partial charge in [-0.05, 0) is 0 Å². The van der Waals surface area contributed by atoms with Crippen molar-refractivity contribution in [3.05, 3.63) is 0 Å². The van der Waals surface area contributed by atoms with E-state index in [2.05, 4.69) is 0 Å². The minimum atomic E-state index is -8.23. The molecule has 0 N–H and O–H groups in total. The van der Waals surface area contributed by atoms with Gasteiger partial charge in [-0.2, -0.15) is 61.5 Å². The zero-order chi connectivity index (χ0) is 22.1. The number of rotatable bonds is 0. The van der Waals surface area contributed by atoms with Gasteiger partial charge in [0.15, 0.2) is 0 Å². The van der Waals surface area contributed by atoms with E-state index in [4.69, 9.17) is 0 Å². The Balaban J connectivity index is 3.14. The van der Waals surface area contributed by atoms with Crippen LogP contribution in [0.4, 0.5) is 74.6 Å². The quantitative estimate of drug-likeness (QED) is 0.450. The molecular formula is C10HF17. The molecule has 3 unspecified atom stereocenters. The smallest absolute Gasteiger partial charge is 0.237 e. The lowest BCUT2D eigenvalue weighted by Crippen LogP contribution is -2.96. The third-order valence-corrected chi connectivity index (χ3v) is 4.49. The summed E-state index contributed by atoms with van der Waals surface area (Å²) < 4.78 is 227. The number of halogens is 17. The van der Waals surface area contributed by atoms with Gasteiger partial charge in [-0.15, -0.1) is 0 Å². The summed E-state index contributed by atoms with van der Waals surface area (Å²) in [5.41, 5.74) is -16.1. The summed E-state index contributed by atoms with van der Waals surface area (Å²) in [5.74, 6) is -55.8. The zero-order valence-electron chi connectivity index (χ0n) is 11.5. The molecule has 2 aliphatic rings. The first-order chi connectivity index (χ1) is 11.4. The van der Waals surface area contributed by atoms with Crippen LogP contribution in [0, 0.1) is 0 Å². The lowest BCUT2D eigenvalue weighted by atomic mass is 9.55. The van der Waals surface area contributed by atoms with Crippen LogP contribution in [-0.2, 0) is 0 Å². The van der Waals surface area contributed by atoms with E-state index in [-0.39, 0.29) is 0 Å². The van der Waals surface area contributed by atoms with Crippen molar-refractivity contribution in [2.24, 2.45) is 0 Å². The molecule has 0 aromatic rings. The predicted octanol–water partition coefficient (Wildman–Crippen LogP) is 5.22. The lowest BCUT2D eigenvalue weighted by molar-refractivity contribution is -0.533. The standard InChI is InChI=1S/C10HF17/c11-1-2(12)4(15,7(20,21)6(18,19)3(1,13)14)8(22,23)10(26,27)9(24,25)5(2,16)17/h1H. The molecule has 0 aliphatic heterocycles. The van der Waals surface area contributed by atoms with Crippen LogP contribution in [0.1, 0.15) is 0 Å². The lowest BCUT2D eigenvalue weighted by Gasteiger charge is -2.62. The van der Waals surface area contributed by atoms with Gasteiger partial charge in [0.2, 0.25) is 6.17 Å². The van der Waals surface area contributed by atoms with Crippen LogP contribution in [0.25, 0.3) is 0 Å². The largest absolute Gasteiger partial charge is 0.382 e. The fourth-order valence-corrected chi connectivity index (χ4v) is 2.88.